The highest BCUT2D eigenvalue weighted by Crippen LogP contribution is 2.18. The van der Waals surface area contributed by atoms with E-state index in [1.165, 1.54) is 4.90 Å². The molecule has 0 radical (unpaired) electrons. The van der Waals surface area contributed by atoms with E-state index in [9.17, 15) is 14.4 Å². The van der Waals surface area contributed by atoms with E-state index in [-0.39, 0.29) is 6.10 Å². The SMILES string of the molecule is NC(=O)[C@H]1CCCCN1C(=O)COC(=O)c1ccc(OC[C@H]2CCCO2)cc1. The van der Waals surface area contributed by atoms with Crippen molar-refractivity contribution >= 4 is 17.8 Å². The van der Waals surface area contributed by atoms with Crippen LogP contribution in [0.4, 0.5) is 0 Å². The first kappa shape index (κ1) is 20.1. The predicted octanol–water partition coefficient (Wildman–Crippen LogP) is 1.27. The van der Waals surface area contributed by atoms with E-state index in [0.29, 0.717) is 30.9 Å². The Labute approximate surface area is 163 Å². The van der Waals surface area contributed by atoms with Crippen LogP contribution in [0.15, 0.2) is 24.3 Å². The Morgan fingerprint density at radius 2 is 1.89 bits per heavy atom. The highest BCUT2D eigenvalue weighted by Gasteiger charge is 2.31. The summed E-state index contributed by atoms with van der Waals surface area (Å²) in [6, 6.07) is 5.91. The highest BCUT2D eigenvalue weighted by atomic mass is 16.5. The first-order valence-electron chi connectivity index (χ1n) is 9.65. The Balaban J connectivity index is 1.47. The standard InChI is InChI=1S/C20H26N2O6/c21-19(24)17-5-1-2-10-22(17)18(23)13-28-20(25)14-6-8-15(9-7-14)27-12-16-4-3-11-26-16/h6-9,16-17H,1-5,10-13H2,(H2,21,24)/t16-,17-/m1/s1. The third kappa shape index (κ3) is 5.22. The van der Waals surface area contributed by atoms with Gasteiger partial charge in [0.2, 0.25) is 5.91 Å². The summed E-state index contributed by atoms with van der Waals surface area (Å²) in [5, 5.41) is 0. The van der Waals surface area contributed by atoms with Crippen LogP contribution >= 0.6 is 0 Å². The number of hydrogen-bond donors (Lipinski definition) is 1. The maximum atomic E-state index is 12.3. The molecule has 0 unspecified atom stereocenters. The topological polar surface area (TPSA) is 108 Å². The van der Waals surface area contributed by atoms with Gasteiger partial charge in [0, 0.05) is 13.2 Å². The van der Waals surface area contributed by atoms with Gasteiger partial charge in [-0.05, 0) is 56.4 Å². The highest BCUT2D eigenvalue weighted by molar-refractivity contribution is 5.92. The quantitative estimate of drug-likeness (QED) is 0.703. The smallest absolute Gasteiger partial charge is 0.338 e. The third-order valence-corrected chi connectivity index (χ3v) is 5.03. The molecule has 2 fully saturated rings. The van der Waals surface area contributed by atoms with E-state index >= 15 is 0 Å². The van der Waals surface area contributed by atoms with Gasteiger partial charge in [-0.2, -0.15) is 0 Å². The summed E-state index contributed by atoms with van der Waals surface area (Å²) in [5.74, 6) is -0.904. The lowest BCUT2D eigenvalue weighted by molar-refractivity contribution is -0.143. The van der Waals surface area contributed by atoms with Crippen molar-refractivity contribution < 1.29 is 28.6 Å². The predicted molar refractivity (Wildman–Crippen MR) is 99.7 cm³/mol. The number of benzene rings is 1. The monoisotopic (exact) mass is 390 g/mol. The van der Waals surface area contributed by atoms with Crippen LogP contribution in [0.5, 0.6) is 5.75 Å². The van der Waals surface area contributed by atoms with E-state index in [1.807, 2.05) is 0 Å². The zero-order valence-electron chi connectivity index (χ0n) is 15.8. The molecule has 152 valence electrons. The van der Waals surface area contributed by atoms with Crippen molar-refractivity contribution in [3.8, 4) is 5.75 Å². The molecule has 8 heteroatoms. The largest absolute Gasteiger partial charge is 0.491 e. The normalized spacial score (nSPS) is 21.9. The maximum absolute atomic E-state index is 12.3. The Kier molecular flexibility index (Phi) is 6.86. The Bertz CT molecular complexity index is 699. The fourth-order valence-electron chi connectivity index (χ4n) is 3.47. The van der Waals surface area contributed by atoms with Crippen molar-refractivity contribution in [3.05, 3.63) is 29.8 Å². The number of esters is 1. The average Bonchev–Trinajstić information content (AvgIpc) is 3.24. The number of piperidine rings is 1. The van der Waals surface area contributed by atoms with Gasteiger partial charge in [0.1, 0.15) is 18.4 Å². The van der Waals surface area contributed by atoms with E-state index in [2.05, 4.69) is 0 Å². The van der Waals surface area contributed by atoms with Crippen LogP contribution in [-0.2, 0) is 19.1 Å². The van der Waals surface area contributed by atoms with Gasteiger partial charge in [-0.15, -0.1) is 0 Å². The minimum atomic E-state index is -0.625. The summed E-state index contributed by atoms with van der Waals surface area (Å²) in [5.41, 5.74) is 5.68. The lowest BCUT2D eigenvalue weighted by Gasteiger charge is -2.33. The second kappa shape index (κ2) is 9.54. The van der Waals surface area contributed by atoms with Gasteiger partial charge >= 0.3 is 5.97 Å². The maximum Gasteiger partial charge on any atom is 0.338 e. The van der Waals surface area contributed by atoms with E-state index in [1.54, 1.807) is 24.3 Å². The fourth-order valence-corrected chi connectivity index (χ4v) is 3.47. The molecule has 0 aromatic heterocycles. The molecule has 2 aliphatic rings. The van der Waals surface area contributed by atoms with Gasteiger partial charge in [-0.1, -0.05) is 0 Å². The third-order valence-electron chi connectivity index (χ3n) is 5.03. The molecule has 0 saturated carbocycles. The molecule has 0 spiro atoms. The number of primary amides is 1. The van der Waals surface area contributed by atoms with Crippen LogP contribution in [0.3, 0.4) is 0 Å². The van der Waals surface area contributed by atoms with E-state index in [0.717, 1.165) is 32.3 Å². The van der Waals surface area contributed by atoms with Gasteiger partial charge in [0.25, 0.3) is 5.91 Å². The molecule has 2 atom stereocenters. The van der Waals surface area contributed by atoms with Crippen molar-refractivity contribution in [2.45, 2.75) is 44.2 Å². The van der Waals surface area contributed by atoms with Crippen LogP contribution in [-0.4, -0.2) is 61.2 Å². The molecule has 2 saturated heterocycles. The van der Waals surface area contributed by atoms with Crippen molar-refractivity contribution in [3.63, 3.8) is 0 Å². The minimum Gasteiger partial charge on any atom is -0.491 e. The second-order valence-electron chi connectivity index (χ2n) is 7.05. The summed E-state index contributed by atoms with van der Waals surface area (Å²) in [6.07, 6.45) is 4.36. The van der Waals surface area contributed by atoms with Gasteiger partial charge in [0.05, 0.1) is 11.7 Å². The lowest BCUT2D eigenvalue weighted by atomic mass is 10.0. The van der Waals surface area contributed by atoms with Gasteiger partial charge < -0.3 is 24.8 Å². The molecule has 2 amide bonds. The molecular weight excluding hydrogens is 364 g/mol. The molecule has 0 aliphatic carbocycles. The fraction of sp³-hybridized carbons (Fsp3) is 0.550. The van der Waals surface area contributed by atoms with E-state index in [4.69, 9.17) is 19.9 Å². The summed E-state index contributed by atoms with van der Waals surface area (Å²) in [7, 11) is 0. The molecule has 3 rings (SSSR count). The molecule has 28 heavy (non-hydrogen) atoms. The first-order valence-corrected chi connectivity index (χ1v) is 9.65. The number of nitrogens with zero attached hydrogens (tertiary/aromatic N) is 1. The molecule has 1 aromatic carbocycles. The summed E-state index contributed by atoms with van der Waals surface area (Å²) in [6.45, 7) is 1.28. The van der Waals surface area contributed by atoms with Crippen LogP contribution in [0.1, 0.15) is 42.5 Å². The van der Waals surface area contributed by atoms with Gasteiger partial charge in [-0.3, -0.25) is 9.59 Å². The number of carbonyl (C=O) groups is 3. The van der Waals surface area contributed by atoms with Crippen molar-refractivity contribution in [1.29, 1.82) is 0 Å². The molecular formula is C20H26N2O6. The van der Waals surface area contributed by atoms with Crippen LogP contribution in [0.25, 0.3) is 0 Å². The second-order valence-corrected chi connectivity index (χ2v) is 7.05. The average molecular weight is 390 g/mol. The number of rotatable bonds is 7. The minimum absolute atomic E-state index is 0.120. The van der Waals surface area contributed by atoms with Crippen LogP contribution < -0.4 is 10.5 Å². The van der Waals surface area contributed by atoms with Crippen molar-refractivity contribution in [2.75, 3.05) is 26.4 Å². The number of carbonyl (C=O) groups excluding carboxylic acids is 3. The van der Waals surface area contributed by atoms with Crippen LogP contribution in [0.2, 0.25) is 0 Å². The van der Waals surface area contributed by atoms with Gasteiger partial charge in [-0.25, -0.2) is 4.79 Å². The van der Waals surface area contributed by atoms with E-state index < -0.39 is 30.4 Å². The Hall–Kier alpha value is -2.61. The number of amides is 2. The number of ether oxygens (including phenoxy) is 3. The molecule has 2 N–H and O–H groups in total. The number of likely N-dealkylation sites (tertiary alicyclic amines) is 1. The first-order chi connectivity index (χ1) is 13.5. The number of hydrogen-bond acceptors (Lipinski definition) is 6. The molecule has 0 bridgehead atoms. The zero-order valence-corrected chi connectivity index (χ0v) is 15.8. The molecule has 2 heterocycles. The zero-order chi connectivity index (χ0) is 19.9. The molecule has 8 nitrogen and oxygen atoms in total. The van der Waals surface area contributed by atoms with Crippen molar-refractivity contribution in [1.82, 2.24) is 4.90 Å². The number of nitrogens with two attached hydrogens (primary N) is 1. The molecule has 2 aliphatic heterocycles. The van der Waals surface area contributed by atoms with Crippen molar-refractivity contribution in [2.24, 2.45) is 5.73 Å². The summed E-state index contributed by atoms with van der Waals surface area (Å²) >= 11 is 0. The summed E-state index contributed by atoms with van der Waals surface area (Å²) in [4.78, 5) is 37.4. The Morgan fingerprint density at radius 3 is 2.57 bits per heavy atom. The van der Waals surface area contributed by atoms with Gasteiger partial charge in [0.15, 0.2) is 6.61 Å². The van der Waals surface area contributed by atoms with Crippen LogP contribution in [0, 0.1) is 0 Å². The Morgan fingerprint density at radius 1 is 1.11 bits per heavy atom. The molecule has 1 aromatic rings. The summed E-state index contributed by atoms with van der Waals surface area (Å²) < 4.78 is 16.3. The lowest BCUT2D eigenvalue weighted by Crippen LogP contribution is -2.51.